The summed E-state index contributed by atoms with van der Waals surface area (Å²) in [6.45, 7) is 9.63. The van der Waals surface area contributed by atoms with Gasteiger partial charge in [-0.1, -0.05) is 19.3 Å². The molecule has 3 rings (SSSR count). The zero-order valence-corrected chi connectivity index (χ0v) is 15.3. The topological polar surface area (TPSA) is 49.3 Å². The molecule has 0 spiro atoms. The molecule has 5 heteroatoms. The Kier molecular flexibility index (Phi) is 5.36. The van der Waals surface area contributed by atoms with Crippen molar-refractivity contribution in [3.63, 3.8) is 0 Å². The maximum atomic E-state index is 12.8. The average molecular weight is 330 g/mol. The zero-order valence-electron chi connectivity index (χ0n) is 15.3. The Morgan fingerprint density at radius 1 is 0.917 bits per heavy atom. The number of nitrogens with zero attached hydrogens (tertiary/aromatic N) is 4. The number of amides is 1. The van der Waals surface area contributed by atoms with Gasteiger partial charge in [-0.25, -0.2) is 9.97 Å². The summed E-state index contributed by atoms with van der Waals surface area (Å²) in [5.41, 5.74) is 2.21. The van der Waals surface area contributed by atoms with Crippen LogP contribution in [-0.4, -0.2) is 47.0 Å². The molecule has 2 heterocycles. The van der Waals surface area contributed by atoms with Crippen molar-refractivity contribution in [1.82, 2.24) is 14.9 Å². The molecule has 1 saturated carbocycles. The van der Waals surface area contributed by atoms with Crippen LogP contribution in [0.3, 0.4) is 0 Å². The van der Waals surface area contributed by atoms with Crippen LogP contribution in [0.2, 0.25) is 0 Å². The third-order valence-corrected chi connectivity index (χ3v) is 5.54. The third-order valence-electron chi connectivity index (χ3n) is 5.54. The van der Waals surface area contributed by atoms with Gasteiger partial charge >= 0.3 is 0 Å². The molecule has 1 aromatic rings. The molecule has 2 fully saturated rings. The van der Waals surface area contributed by atoms with Gasteiger partial charge in [-0.15, -0.1) is 0 Å². The largest absolute Gasteiger partial charge is 0.354 e. The summed E-state index contributed by atoms with van der Waals surface area (Å²) in [6, 6.07) is 0. The number of aryl methyl sites for hydroxylation is 2. The molecule has 132 valence electrons. The lowest BCUT2D eigenvalue weighted by Crippen LogP contribution is -2.39. The van der Waals surface area contributed by atoms with Crippen molar-refractivity contribution in [3.8, 4) is 0 Å². The van der Waals surface area contributed by atoms with Crippen molar-refractivity contribution in [1.29, 1.82) is 0 Å². The van der Waals surface area contributed by atoms with Crippen LogP contribution >= 0.6 is 0 Å². The standard InChI is InChI=1S/C19H30N4O/c1-14-15(2)20-16(3)21-18(14)22-10-7-11-23(13-12-22)19(24)17-8-5-4-6-9-17/h17H,4-13H2,1-3H3. The minimum Gasteiger partial charge on any atom is -0.354 e. The normalized spacial score (nSPS) is 20.1. The predicted molar refractivity (Wildman–Crippen MR) is 96.2 cm³/mol. The van der Waals surface area contributed by atoms with Crippen molar-refractivity contribution in [2.24, 2.45) is 5.92 Å². The van der Waals surface area contributed by atoms with Crippen molar-refractivity contribution < 1.29 is 4.79 Å². The second kappa shape index (κ2) is 7.49. The molecule has 5 nitrogen and oxygen atoms in total. The highest BCUT2D eigenvalue weighted by molar-refractivity contribution is 5.79. The van der Waals surface area contributed by atoms with Gasteiger partial charge < -0.3 is 9.80 Å². The molecule has 1 aliphatic carbocycles. The molecule has 24 heavy (non-hydrogen) atoms. The molecule has 2 aliphatic rings. The van der Waals surface area contributed by atoms with Gasteiger partial charge in [0.1, 0.15) is 11.6 Å². The fourth-order valence-electron chi connectivity index (χ4n) is 4.02. The molecule has 0 radical (unpaired) electrons. The lowest BCUT2D eigenvalue weighted by atomic mass is 9.88. The fourth-order valence-corrected chi connectivity index (χ4v) is 4.02. The number of rotatable bonds is 2. The number of carbonyl (C=O) groups excluding carboxylic acids is 1. The third kappa shape index (κ3) is 3.70. The SMILES string of the molecule is Cc1nc(C)c(C)c(N2CCCN(C(=O)C3CCCCC3)CC2)n1. The molecule has 0 unspecified atom stereocenters. The highest BCUT2D eigenvalue weighted by Crippen LogP contribution is 2.26. The summed E-state index contributed by atoms with van der Waals surface area (Å²) >= 11 is 0. The molecular formula is C19H30N4O. The summed E-state index contributed by atoms with van der Waals surface area (Å²) in [6.07, 6.45) is 6.91. The Morgan fingerprint density at radius 2 is 1.67 bits per heavy atom. The Bertz CT molecular complexity index is 595. The molecule has 1 saturated heterocycles. The fraction of sp³-hybridized carbons (Fsp3) is 0.737. The molecule has 0 aromatic carbocycles. The number of anilines is 1. The van der Waals surface area contributed by atoms with Crippen molar-refractivity contribution >= 4 is 11.7 Å². The smallest absolute Gasteiger partial charge is 0.225 e. The lowest BCUT2D eigenvalue weighted by molar-refractivity contribution is -0.136. The summed E-state index contributed by atoms with van der Waals surface area (Å²) in [4.78, 5) is 26.4. The lowest BCUT2D eigenvalue weighted by Gasteiger charge is -2.29. The first-order chi connectivity index (χ1) is 11.6. The van der Waals surface area contributed by atoms with Crippen LogP contribution < -0.4 is 4.90 Å². The van der Waals surface area contributed by atoms with Crippen LogP contribution in [-0.2, 0) is 4.79 Å². The Labute approximate surface area is 145 Å². The monoisotopic (exact) mass is 330 g/mol. The van der Waals surface area contributed by atoms with Crippen LogP contribution in [0.25, 0.3) is 0 Å². The molecule has 0 bridgehead atoms. The van der Waals surface area contributed by atoms with E-state index in [1.807, 2.05) is 13.8 Å². The Morgan fingerprint density at radius 3 is 2.42 bits per heavy atom. The van der Waals surface area contributed by atoms with Gasteiger partial charge in [0.25, 0.3) is 0 Å². The van der Waals surface area contributed by atoms with Crippen LogP contribution in [0.1, 0.15) is 55.6 Å². The summed E-state index contributed by atoms with van der Waals surface area (Å²) < 4.78 is 0. The van der Waals surface area contributed by atoms with Gasteiger partial charge in [0, 0.05) is 43.4 Å². The molecular weight excluding hydrogens is 300 g/mol. The minimum atomic E-state index is 0.274. The van der Waals surface area contributed by atoms with E-state index in [0.29, 0.717) is 5.91 Å². The van der Waals surface area contributed by atoms with Crippen LogP contribution in [0.4, 0.5) is 5.82 Å². The maximum Gasteiger partial charge on any atom is 0.225 e. The average Bonchev–Trinajstić information content (AvgIpc) is 2.84. The quantitative estimate of drug-likeness (QED) is 0.836. The number of hydrogen-bond acceptors (Lipinski definition) is 4. The number of aromatic nitrogens is 2. The van der Waals surface area contributed by atoms with Crippen molar-refractivity contribution in [2.45, 2.75) is 59.3 Å². The van der Waals surface area contributed by atoms with E-state index < -0.39 is 0 Å². The van der Waals surface area contributed by atoms with Crippen LogP contribution in [0.5, 0.6) is 0 Å². The molecule has 1 aromatic heterocycles. The van der Waals surface area contributed by atoms with Gasteiger partial charge in [-0.2, -0.15) is 0 Å². The van der Waals surface area contributed by atoms with E-state index in [4.69, 9.17) is 0 Å². The Hall–Kier alpha value is -1.65. The van der Waals surface area contributed by atoms with Crippen LogP contribution in [0, 0.1) is 26.7 Å². The van der Waals surface area contributed by atoms with Crippen molar-refractivity contribution in [3.05, 3.63) is 17.1 Å². The van der Waals surface area contributed by atoms with E-state index in [2.05, 4.69) is 26.7 Å². The van der Waals surface area contributed by atoms with E-state index in [0.717, 1.165) is 68.3 Å². The van der Waals surface area contributed by atoms with E-state index in [1.54, 1.807) is 0 Å². The minimum absolute atomic E-state index is 0.274. The van der Waals surface area contributed by atoms with Crippen LogP contribution in [0.15, 0.2) is 0 Å². The van der Waals surface area contributed by atoms with E-state index in [1.165, 1.54) is 19.3 Å². The first kappa shape index (κ1) is 17.2. The van der Waals surface area contributed by atoms with Gasteiger partial charge in [0.05, 0.1) is 0 Å². The molecule has 0 N–H and O–H groups in total. The Balaban J connectivity index is 1.68. The number of hydrogen-bond donors (Lipinski definition) is 0. The van der Waals surface area contributed by atoms with Gasteiger partial charge in [-0.05, 0) is 40.0 Å². The van der Waals surface area contributed by atoms with E-state index in [9.17, 15) is 4.79 Å². The summed E-state index contributed by atoms with van der Waals surface area (Å²) in [5, 5.41) is 0. The maximum absolute atomic E-state index is 12.8. The van der Waals surface area contributed by atoms with E-state index in [-0.39, 0.29) is 5.92 Å². The molecule has 1 amide bonds. The van der Waals surface area contributed by atoms with Crippen molar-refractivity contribution in [2.75, 3.05) is 31.1 Å². The summed E-state index contributed by atoms with van der Waals surface area (Å²) in [7, 11) is 0. The van der Waals surface area contributed by atoms with E-state index >= 15 is 0 Å². The predicted octanol–water partition coefficient (Wildman–Crippen LogP) is 3.02. The van der Waals surface area contributed by atoms with Gasteiger partial charge in [-0.3, -0.25) is 4.79 Å². The zero-order chi connectivity index (χ0) is 17.1. The first-order valence-electron chi connectivity index (χ1n) is 9.42. The highest BCUT2D eigenvalue weighted by Gasteiger charge is 2.28. The second-order valence-electron chi connectivity index (χ2n) is 7.31. The first-order valence-corrected chi connectivity index (χ1v) is 9.42. The molecule has 0 atom stereocenters. The van der Waals surface area contributed by atoms with Gasteiger partial charge in [0.2, 0.25) is 5.91 Å². The second-order valence-corrected chi connectivity index (χ2v) is 7.31. The number of carbonyl (C=O) groups is 1. The molecule has 1 aliphatic heterocycles. The summed E-state index contributed by atoms with van der Waals surface area (Å²) in [5.74, 6) is 2.54. The highest BCUT2D eigenvalue weighted by atomic mass is 16.2. The van der Waals surface area contributed by atoms with Gasteiger partial charge in [0.15, 0.2) is 0 Å².